The Balaban J connectivity index is 2.14. The molecular formula is C16H22N4O2. The van der Waals surface area contributed by atoms with E-state index in [-0.39, 0.29) is 23.9 Å². The van der Waals surface area contributed by atoms with Crippen molar-refractivity contribution in [2.75, 3.05) is 6.54 Å². The third-order valence-electron chi connectivity index (χ3n) is 3.38. The van der Waals surface area contributed by atoms with E-state index in [0.717, 1.165) is 30.5 Å². The van der Waals surface area contributed by atoms with Crippen LogP contribution in [0.5, 0.6) is 0 Å². The molecular weight excluding hydrogens is 280 g/mol. The first-order chi connectivity index (χ1) is 10.7. The molecule has 1 heterocycles. The van der Waals surface area contributed by atoms with Crippen molar-refractivity contribution in [3.8, 4) is 5.69 Å². The van der Waals surface area contributed by atoms with Gasteiger partial charge in [0.2, 0.25) is 0 Å². The lowest BCUT2D eigenvalue weighted by Gasteiger charge is -2.02. The summed E-state index contributed by atoms with van der Waals surface area (Å²) in [6.45, 7) is 4.39. The Morgan fingerprint density at radius 2 is 1.95 bits per heavy atom. The van der Waals surface area contributed by atoms with Crippen molar-refractivity contribution < 1.29 is 9.90 Å². The van der Waals surface area contributed by atoms with Crippen LogP contribution in [0.15, 0.2) is 24.3 Å². The average molecular weight is 302 g/mol. The Kier molecular flexibility index (Phi) is 5.66. The maximum absolute atomic E-state index is 12.1. The second-order valence-electron chi connectivity index (χ2n) is 5.24. The van der Waals surface area contributed by atoms with Gasteiger partial charge in [-0.1, -0.05) is 37.5 Å². The third kappa shape index (κ3) is 3.92. The molecule has 1 amide bonds. The summed E-state index contributed by atoms with van der Waals surface area (Å²) >= 11 is 0. The van der Waals surface area contributed by atoms with E-state index in [9.17, 15) is 9.90 Å². The van der Waals surface area contributed by atoms with Crippen LogP contribution >= 0.6 is 0 Å². The van der Waals surface area contributed by atoms with Crippen molar-refractivity contribution in [2.45, 2.75) is 39.7 Å². The first-order valence-electron chi connectivity index (χ1n) is 7.58. The highest BCUT2D eigenvalue weighted by atomic mass is 16.3. The predicted molar refractivity (Wildman–Crippen MR) is 83.9 cm³/mol. The van der Waals surface area contributed by atoms with Crippen molar-refractivity contribution >= 4 is 5.91 Å². The van der Waals surface area contributed by atoms with Gasteiger partial charge in [-0.05, 0) is 25.5 Å². The predicted octanol–water partition coefficient (Wildman–Crippen LogP) is 1.99. The molecule has 2 N–H and O–H groups in total. The van der Waals surface area contributed by atoms with E-state index < -0.39 is 0 Å². The number of aliphatic hydroxyl groups is 1. The highest BCUT2D eigenvalue weighted by Gasteiger charge is 2.18. The van der Waals surface area contributed by atoms with E-state index in [1.807, 2.05) is 31.2 Å². The third-order valence-corrected chi connectivity index (χ3v) is 3.38. The van der Waals surface area contributed by atoms with E-state index in [2.05, 4.69) is 22.4 Å². The fraction of sp³-hybridized carbons (Fsp3) is 0.438. The summed E-state index contributed by atoms with van der Waals surface area (Å²) in [5.74, 6) is -0.293. The van der Waals surface area contributed by atoms with Crippen LogP contribution in [0, 0.1) is 6.92 Å². The van der Waals surface area contributed by atoms with Gasteiger partial charge in [-0.3, -0.25) is 4.79 Å². The summed E-state index contributed by atoms with van der Waals surface area (Å²) in [7, 11) is 0. The number of nitrogens with one attached hydrogen (secondary N) is 1. The van der Waals surface area contributed by atoms with Crippen LogP contribution in [0.1, 0.15) is 47.9 Å². The Labute approximate surface area is 130 Å². The Morgan fingerprint density at radius 1 is 1.23 bits per heavy atom. The van der Waals surface area contributed by atoms with E-state index in [1.165, 1.54) is 4.80 Å². The molecule has 1 aromatic heterocycles. The van der Waals surface area contributed by atoms with E-state index in [0.29, 0.717) is 6.54 Å². The molecule has 2 aromatic rings. The number of aromatic nitrogens is 3. The monoisotopic (exact) mass is 302 g/mol. The van der Waals surface area contributed by atoms with Gasteiger partial charge >= 0.3 is 0 Å². The number of carbonyl (C=O) groups excluding carboxylic acids is 1. The normalized spacial score (nSPS) is 10.7. The first kappa shape index (κ1) is 16.2. The molecule has 0 aliphatic carbocycles. The fourth-order valence-corrected chi connectivity index (χ4v) is 2.07. The van der Waals surface area contributed by atoms with Crippen LogP contribution in [0.25, 0.3) is 5.69 Å². The maximum Gasteiger partial charge on any atom is 0.273 e. The Morgan fingerprint density at radius 3 is 2.59 bits per heavy atom. The summed E-state index contributed by atoms with van der Waals surface area (Å²) in [5.41, 5.74) is 2.35. The molecule has 0 radical (unpaired) electrons. The molecule has 6 nitrogen and oxygen atoms in total. The van der Waals surface area contributed by atoms with Crippen LogP contribution < -0.4 is 5.32 Å². The highest BCUT2D eigenvalue weighted by Crippen LogP contribution is 2.10. The zero-order valence-electron chi connectivity index (χ0n) is 13.0. The smallest absolute Gasteiger partial charge is 0.273 e. The number of aryl methyl sites for hydroxylation is 1. The van der Waals surface area contributed by atoms with Crippen molar-refractivity contribution in [3.05, 3.63) is 41.2 Å². The first-order valence-corrected chi connectivity index (χ1v) is 7.58. The lowest BCUT2D eigenvalue weighted by Crippen LogP contribution is -2.26. The molecule has 6 heteroatoms. The molecule has 0 fully saturated rings. The van der Waals surface area contributed by atoms with Gasteiger partial charge in [-0.25, -0.2) is 0 Å². The van der Waals surface area contributed by atoms with Gasteiger partial charge in [0.15, 0.2) is 5.69 Å². The molecule has 1 aromatic carbocycles. The van der Waals surface area contributed by atoms with Gasteiger partial charge in [0.05, 0.1) is 12.3 Å². The van der Waals surface area contributed by atoms with Crippen LogP contribution in [-0.4, -0.2) is 32.6 Å². The quantitative estimate of drug-likeness (QED) is 0.767. The number of hydrogen-bond acceptors (Lipinski definition) is 4. The molecule has 118 valence electrons. The van der Waals surface area contributed by atoms with Gasteiger partial charge in [-0.15, -0.1) is 10.2 Å². The minimum Gasteiger partial charge on any atom is -0.390 e. The summed E-state index contributed by atoms with van der Waals surface area (Å²) in [5, 5.41) is 20.6. The lowest BCUT2D eigenvalue weighted by molar-refractivity contribution is 0.0944. The summed E-state index contributed by atoms with van der Waals surface area (Å²) in [6, 6.07) is 7.64. The Bertz CT molecular complexity index is 620. The van der Waals surface area contributed by atoms with Crippen LogP contribution in [-0.2, 0) is 6.61 Å². The Hall–Kier alpha value is -2.21. The number of unbranched alkanes of at least 4 members (excludes halogenated alkanes) is 2. The second-order valence-corrected chi connectivity index (χ2v) is 5.24. The second kappa shape index (κ2) is 7.70. The van der Waals surface area contributed by atoms with Crippen molar-refractivity contribution in [1.29, 1.82) is 0 Å². The zero-order chi connectivity index (χ0) is 15.9. The summed E-state index contributed by atoms with van der Waals surface area (Å²) < 4.78 is 0. The molecule has 0 atom stereocenters. The molecule has 0 bridgehead atoms. The highest BCUT2D eigenvalue weighted by molar-refractivity contribution is 5.93. The zero-order valence-corrected chi connectivity index (χ0v) is 13.0. The molecule has 22 heavy (non-hydrogen) atoms. The molecule has 0 saturated heterocycles. The standard InChI is InChI=1S/C16H22N4O2/c1-3-4-5-10-17-16(22)15-14(11-21)18-20(19-15)13-8-6-12(2)7-9-13/h6-9,21H,3-5,10-11H2,1-2H3,(H,17,22). The number of rotatable bonds is 7. The SMILES string of the molecule is CCCCCNC(=O)c1nn(-c2ccc(C)cc2)nc1CO. The van der Waals surface area contributed by atoms with Crippen LogP contribution in [0.4, 0.5) is 0 Å². The summed E-state index contributed by atoms with van der Waals surface area (Å²) in [4.78, 5) is 13.5. The van der Waals surface area contributed by atoms with Gasteiger partial charge in [0, 0.05) is 6.54 Å². The van der Waals surface area contributed by atoms with E-state index >= 15 is 0 Å². The maximum atomic E-state index is 12.1. The van der Waals surface area contributed by atoms with E-state index in [4.69, 9.17) is 0 Å². The fourth-order valence-electron chi connectivity index (χ4n) is 2.07. The molecule has 0 spiro atoms. The number of aliphatic hydroxyl groups excluding tert-OH is 1. The van der Waals surface area contributed by atoms with Crippen molar-refractivity contribution in [1.82, 2.24) is 20.3 Å². The van der Waals surface area contributed by atoms with E-state index in [1.54, 1.807) is 0 Å². The van der Waals surface area contributed by atoms with Crippen LogP contribution in [0.2, 0.25) is 0 Å². The molecule has 0 saturated carbocycles. The minimum absolute atomic E-state index is 0.180. The number of nitrogens with zero attached hydrogens (tertiary/aromatic N) is 3. The van der Waals surface area contributed by atoms with Crippen molar-refractivity contribution in [3.63, 3.8) is 0 Å². The van der Waals surface area contributed by atoms with Gasteiger partial charge in [0.1, 0.15) is 5.69 Å². The number of benzene rings is 1. The molecule has 0 aliphatic heterocycles. The van der Waals surface area contributed by atoms with Crippen molar-refractivity contribution in [2.24, 2.45) is 0 Å². The minimum atomic E-state index is -0.316. The van der Waals surface area contributed by atoms with Crippen LogP contribution in [0.3, 0.4) is 0 Å². The van der Waals surface area contributed by atoms with Gasteiger partial charge in [0.25, 0.3) is 5.91 Å². The molecule has 2 rings (SSSR count). The molecule has 0 unspecified atom stereocenters. The summed E-state index contributed by atoms with van der Waals surface area (Å²) in [6.07, 6.45) is 3.10. The topological polar surface area (TPSA) is 80.0 Å². The lowest BCUT2D eigenvalue weighted by atomic mass is 10.2. The average Bonchev–Trinajstić information content (AvgIpc) is 2.96. The number of carbonyl (C=O) groups is 1. The number of hydrogen-bond donors (Lipinski definition) is 2. The van der Waals surface area contributed by atoms with Gasteiger partial charge < -0.3 is 10.4 Å². The number of amides is 1. The van der Waals surface area contributed by atoms with Gasteiger partial charge in [-0.2, -0.15) is 4.80 Å². The largest absolute Gasteiger partial charge is 0.390 e. The molecule has 0 aliphatic rings.